The highest BCUT2D eigenvalue weighted by atomic mass is 35.5. The van der Waals surface area contributed by atoms with Crippen molar-refractivity contribution in [2.45, 2.75) is 6.61 Å². The predicted molar refractivity (Wildman–Crippen MR) is 404 cm³/mol. The second kappa shape index (κ2) is 30.2. The van der Waals surface area contributed by atoms with Crippen LogP contribution in [0, 0.1) is 0 Å². The van der Waals surface area contributed by atoms with E-state index in [1.807, 2.05) is 133 Å². The van der Waals surface area contributed by atoms with Crippen molar-refractivity contribution in [3.63, 3.8) is 0 Å². The van der Waals surface area contributed by atoms with Crippen LogP contribution in [0.25, 0.3) is 61.4 Å². The van der Waals surface area contributed by atoms with Crippen molar-refractivity contribution in [1.82, 2.24) is 89.2 Å². The number of carbonyl (C=O) groups is 3. The van der Waals surface area contributed by atoms with Gasteiger partial charge in [-0.1, -0.05) is 130 Å². The number of anilines is 12. The van der Waals surface area contributed by atoms with Gasteiger partial charge in [0.25, 0.3) is 11.8 Å². The van der Waals surface area contributed by atoms with Gasteiger partial charge in [-0.2, -0.15) is 38.7 Å². The number of benzene rings is 8. The summed E-state index contributed by atoms with van der Waals surface area (Å²) in [6.45, 7) is 0.0116. The second-order valence-corrected chi connectivity index (χ2v) is 26.4. The number of fused-ring (bicyclic) bond motifs is 4. The van der Waals surface area contributed by atoms with E-state index in [4.69, 9.17) is 44.7 Å². The van der Waals surface area contributed by atoms with Crippen molar-refractivity contribution in [3.8, 4) is 20.5 Å². The lowest BCUT2D eigenvalue weighted by Gasteiger charge is -2.11. The number of carboxylic acids is 1. The maximum atomic E-state index is 12.1. The third kappa shape index (κ3) is 15.9. The van der Waals surface area contributed by atoms with Crippen molar-refractivity contribution in [1.29, 1.82) is 0 Å². The van der Waals surface area contributed by atoms with Crippen molar-refractivity contribution in [2.75, 3.05) is 65.3 Å². The number of carboxylic acid groups (broad SMARTS) is 1. The summed E-state index contributed by atoms with van der Waals surface area (Å²) < 4.78 is 10.1. The lowest BCUT2D eigenvalue weighted by Crippen LogP contribution is -2.21. The Hall–Kier alpha value is -13.1. The Kier molecular flexibility index (Phi) is 20.1. The number of nitrogens with two attached hydrogens (primary N) is 4. The normalized spacial score (nSPS) is 10.9. The molecule has 2 amide bonds. The highest BCUT2D eigenvalue weighted by Gasteiger charge is 2.20. The van der Waals surface area contributed by atoms with Crippen LogP contribution in [-0.2, 0) is 6.61 Å². The molecule has 0 aliphatic heterocycles. The Morgan fingerprint density at radius 3 is 1.12 bits per heavy atom. The van der Waals surface area contributed by atoms with E-state index < -0.39 is 5.97 Å². The standard InChI is InChI=1S/C18H17N7OS.C17H15N7OS.C16H11ClN6O2S.C16H14N6OS/c1-24(2)15(26)11-6-5-7-12(10-11)20-17-22-16(19)25(23-17)18-21-13-8-3-4-9-14(13)27-18;1-19-14(25)10-5-4-6-11(9-10)20-16-22-15(18)24(23-16)17-21-12-7-2-3-8-13(12)26-17;17-10-7-8(5-6-9(10)13(24)25)19-15-21-14(18)23(22-15)16-20-11-3-1-2-4-12(11)26-16;17-14-20-15(18-11-7-5-10(9-23)6-8-11)21-22(14)16-19-12-3-1-2-4-13(12)24-16/h3-10H,1-2H3,(H3,19,20,22,23);2-9H,1H3,(H,19,25)(H3,18,20,22,23);1-7H,(H,24,25)(H3,18,19,21,22);1-8,23H,9H2,(H3,17,18,20,21). The Bertz CT molecular complexity index is 5630. The minimum absolute atomic E-state index is 0.0116. The molecule has 0 aliphatic rings. The Labute approximate surface area is 603 Å². The quantitative estimate of drug-likeness (QED) is 0.0428. The summed E-state index contributed by atoms with van der Waals surface area (Å²) in [5, 5.41) is 53.0. The van der Waals surface area contributed by atoms with Crippen molar-refractivity contribution in [2.24, 2.45) is 0 Å². The monoisotopic (exact) mass is 1470 g/mol. The zero-order chi connectivity index (χ0) is 71.8. The number of carbonyl (C=O) groups excluding carboxylic acids is 2. The molecule has 8 aromatic carbocycles. The maximum absolute atomic E-state index is 12.1. The lowest BCUT2D eigenvalue weighted by atomic mass is 10.2. The van der Waals surface area contributed by atoms with Crippen LogP contribution in [0.2, 0.25) is 5.02 Å². The number of halogens is 1. The fourth-order valence-electron chi connectivity index (χ4n) is 9.72. The van der Waals surface area contributed by atoms with Crippen LogP contribution >= 0.6 is 56.9 Å². The van der Waals surface area contributed by atoms with Gasteiger partial charge in [-0.15, -0.1) is 20.4 Å². The van der Waals surface area contributed by atoms with E-state index in [0.29, 0.717) is 66.6 Å². The average molecular weight is 1470 g/mol. The number of rotatable bonds is 16. The Morgan fingerprint density at radius 1 is 0.437 bits per heavy atom. The third-order valence-corrected chi connectivity index (χ3v) is 19.0. The molecule has 31 nitrogen and oxygen atoms in total. The summed E-state index contributed by atoms with van der Waals surface area (Å²) in [5.74, 6) is 0.882. The van der Waals surface area contributed by atoms with Crippen LogP contribution in [0.3, 0.4) is 0 Å². The fraction of sp³-hybridized carbons (Fsp3) is 0.0597. The number of hydrogen-bond acceptors (Lipinski definition) is 28. The molecule has 0 atom stereocenters. The molecule has 8 aromatic heterocycles. The Balaban J connectivity index is 0.000000122. The highest BCUT2D eigenvalue weighted by Crippen LogP contribution is 2.32. The largest absolute Gasteiger partial charge is 0.478 e. The van der Waals surface area contributed by atoms with Gasteiger partial charge in [0.15, 0.2) is 0 Å². The highest BCUT2D eigenvalue weighted by molar-refractivity contribution is 7.21. The smallest absolute Gasteiger partial charge is 0.337 e. The van der Waals surface area contributed by atoms with Gasteiger partial charge in [0.1, 0.15) is 0 Å². The van der Waals surface area contributed by atoms with Crippen LogP contribution in [0.15, 0.2) is 188 Å². The summed E-state index contributed by atoms with van der Waals surface area (Å²) in [7, 11) is 5.01. The van der Waals surface area contributed by atoms with Crippen molar-refractivity contribution >= 4 is 186 Å². The first-order valence-electron chi connectivity index (χ1n) is 30.7. The molecule has 0 spiro atoms. The molecule has 15 N–H and O–H groups in total. The van der Waals surface area contributed by atoms with E-state index >= 15 is 0 Å². The molecule has 0 saturated heterocycles. The number of nitrogen functional groups attached to an aromatic ring is 4. The molecule has 103 heavy (non-hydrogen) atoms. The third-order valence-electron chi connectivity index (χ3n) is 14.6. The predicted octanol–water partition coefficient (Wildman–Crippen LogP) is 11.7. The number of aliphatic hydroxyl groups excluding tert-OH is 1. The molecule has 0 radical (unpaired) electrons. The number of aliphatic hydroxyl groups is 1. The zero-order valence-corrected chi connectivity index (χ0v) is 58.2. The first-order chi connectivity index (χ1) is 49.9. The maximum Gasteiger partial charge on any atom is 0.337 e. The van der Waals surface area contributed by atoms with Gasteiger partial charge >= 0.3 is 5.97 Å². The minimum Gasteiger partial charge on any atom is -0.478 e. The van der Waals surface area contributed by atoms with Crippen molar-refractivity contribution < 1.29 is 24.6 Å². The SMILES string of the molecule is CN(C)C(=O)c1cccc(Nc2nc(N)n(-c3nc4ccccc4s3)n2)c1.CNC(=O)c1cccc(Nc2nc(N)n(-c3nc4ccccc4s3)n2)c1.Nc1nc(Nc2ccc(C(=O)O)c(Cl)c2)nn1-c1nc2ccccc2s1.Nc1nc(Nc2ccc(CO)cc2)nn1-c1nc2ccccc2s1. The number of nitrogens with zero attached hydrogens (tertiary/aromatic N) is 17. The summed E-state index contributed by atoms with van der Waals surface area (Å²) in [6.07, 6.45) is 0. The van der Waals surface area contributed by atoms with Crippen LogP contribution in [-0.4, -0.2) is 133 Å². The van der Waals surface area contributed by atoms with Gasteiger partial charge in [-0.25, -0.2) is 24.7 Å². The molecule has 516 valence electrons. The fourth-order valence-corrected chi connectivity index (χ4v) is 13.7. The lowest BCUT2D eigenvalue weighted by molar-refractivity contribution is 0.0696. The van der Waals surface area contributed by atoms with Crippen LogP contribution in [0.1, 0.15) is 36.6 Å². The number of amides is 2. The molecule has 0 aliphatic carbocycles. The zero-order valence-electron chi connectivity index (χ0n) is 54.1. The summed E-state index contributed by atoms with van der Waals surface area (Å²) in [6, 6.07) is 57.2. The van der Waals surface area contributed by atoms with E-state index in [9.17, 15) is 14.4 Å². The van der Waals surface area contributed by atoms with Gasteiger partial charge in [0.2, 0.25) is 68.1 Å². The molecule has 8 heterocycles. The van der Waals surface area contributed by atoms with E-state index in [1.54, 1.807) is 63.6 Å². The van der Waals surface area contributed by atoms with E-state index in [0.717, 1.165) is 52.1 Å². The first kappa shape index (κ1) is 68.5. The van der Waals surface area contributed by atoms with E-state index in [-0.39, 0.29) is 58.7 Å². The molecule has 16 rings (SSSR count). The molecule has 0 saturated carbocycles. The van der Waals surface area contributed by atoms with Crippen LogP contribution < -0.4 is 49.5 Å². The topological polar surface area (TPSA) is 434 Å². The van der Waals surface area contributed by atoms with Crippen molar-refractivity contribution in [3.05, 3.63) is 215 Å². The summed E-state index contributed by atoms with van der Waals surface area (Å²) in [5.41, 5.74) is 32.2. The van der Waals surface area contributed by atoms with E-state index in [2.05, 4.69) is 86.9 Å². The second-order valence-electron chi connectivity index (χ2n) is 22.0. The molecule has 0 fully saturated rings. The summed E-state index contributed by atoms with van der Waals surface area (Å²) >= 11 is 11.9. The van der Waals surface area contributed by atoms with Gasteiger partial charge in [0.05, 0.1) is 58.1 Å². The molecular weight excluding hydrogens is 1410 g/mol. The Morgan fingerprint density at radius 2 is 0.777 bits per heavy atom. The molecule has 16 aromatic rings. The summed E-state index contributed by atoms with van der Waals surface area (Å²) in [4.78, 5) is 71.4. The first-order valence-corrected chi connectivity index (χ1v) is 34.3. The minimum atomic E-state index is -1.09. The van der Waals surface area contributed by atoms with Crippen LogP contribution in [0.4, 0.5) is 70.3 Å². The van der Waals surface area contributed by atoms with Gasteiger partial charge < -0.3 is 64.6 Å². The van der Waals surface area contributed by atoms with Crippen LogP contribution in [0.5, 0.6) is 0 Å². The van der Waals surface area contributed by atoms with E-state index in [1.165, 1.54) is 81.1 Å². The number of hydrogen-bond donors (Lipinski definition) is 11. The molecular formula is C67H57ClN26O5S4. The number of nitrogens with one attached hydrogen (secondary N) is 5. The molecule has 36 heteroatoms. The average Bonchev–Trinajstić information content (AvgIpc) is 1.67. The van der Waals surface area contributed by atoms with Gasteiger partial charge in [-0.05, 0) is 121 Å². The molecule has 0 unspecified atom stereocenters. The molecule has 0 bridgehead atoms. The van der Waals surface area contributed by atoms with Gasteiger partial charge in [0, 0.05) is 55.0 Å². The van der Waals surface area contributed by atoms with Gasteiger partial charge in [-0.3, -0.25) is 9.59 Å². The number of para-hydroxylation sites is 4. The number of aromatic carboxylic acids is 1. The number of aromatic nitrogens is 16. The number of thiazole rings is 4.